The lowest BCUT2D eigenvalue weighted by molar-refractivity contribution is -0.153. The molecule has 0 radical (unpaired) electrons. The number of rotatable bonds is 13. The maximum Gasteiger partial charge on any atom is 0.335 e. The Morgan fingerprint density at radius 3 is 1.93 bits per heavy atom. The van der Waals surface area contributed by atoms with Crippen LogP contribution >= 0.6 is 0 Å². The number of phenols is 1. The second-order valence-corrected chi connectivity index (χ2v) is 9.25. The van der Waals surface area contributed by atoms with Gasteiger partial charge in [-0.25, -0.2) is 4.79 Å². The van der Waals surface area contributed by atoms with Crippen molar-refractivity contribution in [3.63, 3.8) is 0 Å². The van der Waals surface area contributed by atoms with Crippen LogP contribution < -0.4 is 14.2 Å². The molecule has 3 rings (SSSR count). The van der Waals surface area contributed by atoms with Crippen molar-refractivity contribution in [3.05, 3.63) is 71.8 Å². The molecule has 2 aromatic carbocycles. The third-order valence-corrected chi connectivity index (χ3v) is 6.42. The van der Waals surface area contributed by atoms with Crippen molar-refractivity contribution in [2.24, 2.45) is 5.92 Å². The third kappa shape index (κ3) is 7.78. The van der Waals surface area contributed by atoms with Crippen LogP contribution in [-0.2, 0) is 24.0 Å². The Balaban J connectivity index is 1.65. The molecule has 41 heavy (non-hydrogen) atoms. The first-order valence-electron chi connectivity index (χ1n) is 12.8. The number of hydrogen-bond acceptors (Lipinski definition) is 9. The number of allylic oxidation sites excluding steroid dienone is 2. The van der Waals surface area contributed by atoms with Crippen LogP contribution in [0.15, 0.2) is 60.7 Å². The number of methoxy groups -OCH3 is 2. The van der Waals surface area contributed by atoms with Gasteiger partial charge in [0.15, 0.2) is 34.6 Å². The minimum Gasteiger partial charge on any atom is -0.504 e. The van der Waals surface area contributed by atoms with Crippen LogP contribution in [0, 0.1) is 5.92 Å². The molecule has 10 nitrogen and oxygen atoms in total. The van der Waals surface area contributed by atoms with E-state index >= 15 is 0 Å². The first-order valence-corrected chi connectivity index (χ1v) is 12.8. The van der Waals surface area contributed by atoms with E-state index in [0.29, 0.717) is 17.5 Å². The van der Waals surface area contributed by atoms with Crippen molar-refractivity contribution in [2.75, 3.05) is 14.2 Å². The summed E-state index contributed by atoms with van der Waals surface area (Å²) in [5.74, 6) is -2.62. The average Bonchev–Trinajstić information content (AvgIpc) is 3.29. The standard InChI is InChI=1S/C31H31NO9/c1-5-19(2)30(32-28(36)14-15-29(32)37)31(38)41-25-13-9-21(17-27(25)40-4)7-11-23(34)18-22(33)10-6-20-8-12-24(35)26(16-20)39-3/h6-17,19,30,35H,5,18H2,1-4H3/b10-6+,11-7+. The molecule has 1 aliphatic rings. The summed E-state index contributed by atoms with van der Waals surface area (Å²) in [5, 5.41) is 9.66. The smallest absolute Gasteiger partial charge is 0.335 e. The van der Waals surface area contributed by atoms with Gasteiger partial charge in [0.25, 0.3) is 11.8 Å². The van der Waals surface area contributed by atoms with E-state index in [4.69, 9.17) is 14.2 Å². The largest absolute Gasteiger partial charge is 0.504 e. The number of nitrogens with zero attached hydrogens (tertiary/aromatic N) is 1. The van der Waals surface area contributed by atoms with Gasteiger partial charge in [0.1, 0.15) is 6.04 Å². The minimum atomic E-state index is -1.11. The highest BCUT2D eigenvalue weighted by molar-refractivity contribution is 6.15. The second-order valence-electron chi connectivity index (χ2n) is 9.25. The van der Waals surface area contributed by atoms with Crippen molar-refractivity contribution >= 4 is 41.5 Å². The fraction of sp³-hybridized carbons (Fsp3) is 0.258. The van der Waals surface area contributed by atoms with Crippen molar-refractivity contribution in [1.29, 1.82) is 0 Å². The topological polar surface area (TPSA) is 137 Å². The number of benzene rings is 2. The van der Waals surface area contributed by atoms with Gasteiger partial charge in [-0.15, -0.1) is 0 Å². The van der Waals surface area contributed by atoms with E-state index in [0.717, 1.165) is 17.1 Å². The highest BCUT2D eigenvalue weighted by atomic mass is 16.6. The fourth-order valence-corrected chi connectivity index (χ4v) is 4.01. The van der Waals surface area contributed by atoms with Gasteiger partial charge in [-0.05, 0) is 53.5 Å². The lowest BCUT2D eigenvalue weighted by Gasteiger charge is -2.28. The first-order chi connectivity index (χ1) is 19.6. The number of ether oxygens (including phenoxy) is 3. The molecule has 0 saturated carbocycles. The second kappa shape index (κ2) is 13.9. The first kappa shape index (κ1) is 30.6. The Bertz CT molecular complexity index is 1420. The zero-order valence-corrected chi connectivity index (χ0v) is 23.2. The fourth-order valence-electron chi connectivity index (χ4n) is 4.01. The predicted octanol–water partition coefficient (Wildman–Crippen LogP) is 3.91. The highest BCUT2D eigenvalue weighted by Gasteiger charge is 2.40. The molecule has 214 valence electrons. The Morgan fingerprint density at radius 1 is 0.854 bits per heavy atom. The maximum absolute atomic E-state index is 13.1. The number of esters is 1. The summed E-state index contributed by atoms with van der Waals surface area (Å²) in [5.41, 5.74) is 1.16. The molecule has 1 N–H and O–H groups in total. The molecule has 0 aliphatic carbocycles. The Kier molecular flexibility index (Phi) is 10.3. The SMILES string of the molecule is CCC(C)C(C(=O)Oc1ccc(/C=C/C(=O)CC(=O)/C=C/c2ccc(O)c(OC)c2)cc1OC)N1C(=O)C=CC1=O. The third-order valence-electron chi connectivity index (χ3n) is 6.42. The Labute approximate surface area is 237 Å². The zero-order valence-electron chi connectivity index (χ0n) is 23.2. The molecule has 2 unspecified atom stereocenters. The molecule has 0 fully saturated rings. The van der Waals surface area contributed by atoms with Gasteiger partial charge < -0.3 is 19.3 Å². The Hall–Kier alpha value is -4.99. The molecule has 1 heterocycles. The van der Waals surface area contributed by atoms with Gasteiger partial charge in [-0.2, -0.15) is 0 Å². The van der Waals surface area contributed by atoms with Gasteiger partial charge in [-0.1, -0.05) is 44.6 Å². The molecule has 2 atom stereocenters. The predicted molar refractivity (Wildman–Crippen MR) is 150 cm³/mol. The lowest BCUT2D eigenvalue weighted by atomic mass is 9.97. The van der Waals surface area contributed by atoms with Crippen LogP contribution in [0.1, 0.15) is 37.8 Å². The number of carbonyl (C=O) groups excluding carboxylic acids is 5. The van der Waals surface area contributed by atoms with E-state index in [9.17, 15) is 29.1 Å². The van der Waals surface area contributed by atoms with Gasteiger partial charge in [0, 0.05) is 12.2 Å². The van der Waals surface area contributed by atoms with E-state index in [1.165, 1.54) is 56.7 Å². The van der Waals surface area contributed by atoms with Gasteiger partial charge in [0.05, 0.1) is 20.6 Å². The number of phenolic OH excluding ortho intramolecular Hbond substituents is 1. The summed E-state index contributed by atoms with van der Waals surface area (Å²) in [6, 6.07) is 8.08. The monoisotopic (exact) mass is 561 g/mol. The normalized spacial score (nSPS) is 14.5. The van der Waals surface area contributed by atoms with Crippen LogP contribution in [0.5, 0.6) is 23.0 Å². The summed E-state index contributed by atoms with van der Waals surface area (Å²) in [7, 11) is 2.79. The molecule has 0 aromatic heterocycles. The lowest BCUT2D eigenvalue weighted by Crippen LogP contribution is -2.50. The summed E-state index contributed by atoms with van der Waals surface area (Å²) in [6.07, 6.45) is 7.94. The highest BCUT2D eigenvalue weighted by Crippen LogP contribution is 2.31. The molecule has 0 spiro atoms. The van der Waals surface area contributed by atoms with Gasteiger partial charge >= 0.3 is 5.97 Å². The zero-order chi connectivity index (χ0) is 30.1. The van der Waals surface area contributed by atoms with Gasteiger partial charge in [0.2, 0.25) is 0 Å². The summed E-state index contributed by atoms with van der Waals surface area (Å²) >= 11 is 0. The van der Waals surface area contributed by atoms with E-state index in [2.05, 4.69) is 0 Å². The molecule has 10 heteroatoms. The van der Waals surface area contributed by atoms with Gasteiger partial charge in [-0.3, -0.25) is 24.1 Å². The van der Waals surface area contributed by atoms with Crippen molar-refractivity contribution in [1.82, 2.24) is 4.90 Å². The quantitative estimate of drug-likeness (QED) is 0.127. The van der Waals surface area contributed by atoms with Crippen LogP contribution in [0.25, 0.3) is 12.2 Å². The van der Waals surface area contributed by atoms with Crippen LogP contribution in [0.4, 0.5) is 0 Å². The number of hydrogen-bond donors (Lipinski definition) is 1. The molecule has 0 saturated heterocycles. The van der Waals surface area contributed by atoms with Crippen LogP contribution in [0.2, 0.25) is 0 Å². The number of carbonyl (C=O) groups is 5. The molecule has 2 amide bonds. The number of ketones is 2. The van der Waals surface area contributed by atoms with E-state index in [-0.39, 0.29) is 35.3 Å². The molecule has 1 aliphatic heterocycles. The summed E-state index contributed by atoms with van der Waals surface area (Å²) in [6.45, 7) is 3.58. The van der Waals surface area contributed by atoms with Crippen LogP contribution in [-0.4, -0.2) is 59.6 Å². The van der Waals surface area contributed by atoms with Crippen molar-refractivity contribution in [2.45, 2.75) is 32.7 Å². The van der Waals surface area contributed by atoms with E-state index in [1.807, 2.05) is 6.92 Å². The molecular weight excluding hydrogens is 530 g/mol. The number of imide groups is 1. The molecular formula is C31H31NO9. The minimum absolute atomic E-state index is 0.0259. The van der Waals surface area contributed by atoms with Crippen LogP contribution in [0.3, 0.4) is 0 Å². The van der Waals surface area contributed by atoms with Crippen molar-refractivity contribution in [3.8, 4) is 23.0 Å². The average molecular weight is 562 g/mol. The maximum atomic E-state index is 13.1. The summed E-state index contributed by atoms with van der Waals surface area (Å²) in [4.78, 5) is 63.0. The number of amides is 2. The Morgan fingerprint density at radius 2 is 1.39 bits per heavy atom. The van der Waals surface area contributed by atoms with E-state index < -0.39 is 35.4 Å². The van der Waals surface area contributed by atoms with E-state index in [1.54, 1.807) is 25.1 Å². The number of aromatic hydroxyl groups is 1. The van der Waals surface area contributed by atoms with Crippen molar-refractivity contribution < 1.29 is 43.3 Å². The summed E-state index contributed by atoms with van der Waals surface area (Å²) < 4.78 is 15.9. The molecule has 2 aromatic rings. The molecule has 0 bridgehead atoms.